The number of rotatable bonds is 39. The standard InChI is InChI=1S/C60H83N13O17S/c1-5-31(2)49(60(89)90)72-56(85)44(27-35-28-64-39-14-10-9-13-37(35)39)69-59(88)50(32(3)76)73-54(83)42(23-24-91-4)67-53(82)40(19-21-47(62)78)65-52(81)41(20-22-48(63)79)66-55(84)43(26-34-15-17-36(77)18-16-34)68-57(86)46(30-75)71-58(87)45(29-74)70-51(80)38(61)25-33-11-7-6-8-12-33/h6-18,28,31-32,38,40-46,49-50,64,74-77H,5,19-27,29-30,61H2,1-4H3,(H2,62,78)(H2,63,79)(H,65,81)(H,66,84)(H,67,82)(H,68,86)(H,69,88)(H,70,80)(H,71,87)(H,72,85)(H,73,83)(H,89,90)/t31-,32+,38-,40-,41-,42-,43-,44-,45-,46-,49-,50-/m0/s1. The van der Waals surface area contributed by atoms with Gasteiger partial charge < -0.3 is 95.6 Å². The number of fused-ring (bicyclic) bond motifs is 1. The van der Waals surface area contributed by atoms with Gasteiger partial charge in [-0.15, -0.1) is 0 Å². The van der Waals surface area contributed by atoms with Crippen LogP contribution in [0.3, 0.4) is 0 Å². The Morgan fingerprint density at radius 3 is 1.46 bits per heavy atom. The van der Waals surface area contributed by atoms with Crippen LogP contribution in [-0.2, 0) is 76.8 Å². The van der Waals surface area contributed by atoms with E-state index in [-0.39, 0.29) is 30.8 Å². The second-order valence-electron chi connectivity index (χ2n) is 21.8. The number of hydrogen-bond donors (Lipinski definition) is 18. The number of carboxylic acids is 1. The largest absolute Gasteiger partial charge is 0.508 e. The molecule has 0 aliphatic carbocycles. The maximum Gasteiger partial charge on any atom is 0.326 e. The number of aromatic hydroxyl groups is 1. The molecule has 11 amide bonds. The number of aliphatic carboxylic acids is 1. The second-order valence-corrected chi connectivity index (χ2v) is 22.7. The van der Waals surface area contributed by atoms with Crippen LogP contribution in [0.4, 0.5) is 0 Å². The molecule has 0 saturated heterocycles. The van der Waals surface area contributed by atoms with Crippen molar-refractivity contribution in [2.75, 3.05) is 25.2 Å². The number of phenols is 1. The molecule has 1 aromatic heterocycles. The molecule has 0 aliphatic heterocycles. The van der Waals surface area contributed by atoms with Crippen LogP contribution in [0.15, 0.2) is 85.1 Å². The number of aromatic nitrogens is 1. The number of carbonyl (C=O) groups is 12. The molecule has 1 heterocycles. The third-order valence-corrected chi connectivity index (χ3v) is 15.4. The lowest BCUT2D eigenvalue weighted by Gasteiger charge is -2.29. The first-order valence-electron chi connectivity index (χ1n) is 29.2. The van der Waals surface area contributed by atoms with Crippen LogP contribution in [-0.4, -0.2) is 193 Å². The van der Waals surface area contributed by atoms with E-state index in [4.69, 9.17) is 17.2 Å². The number of nitrogens with two attached hydrogens (primary N) is 3. The minimum atomic E-state index is -1.84. The number of amides is 11. The number of aliphatic hydroxyl groups excluding tert-OH is 3. The molecule has 4 rings (SSSR count). The lowest BCUT2D eigenvalue weighted by Crippen LogP contribution is -2.62. The minimum Gasteiger partial charge on any atom is -0.508 e. The minimum absolute atomic E-state index is 0.0630. The summed E-state index contributed by atoms with van der Waals surface area (Å²) >= 11 is 1.24. The van der Waals surface area contributed by atoms with Gasteiger partial charge >= 0.3 is 5.97 Å². The van der Waals surface area contributed by atoms with Crippen LogP contribution >= 0.6 is 11.8 Å². The van der Waals surface area contributed by atoms with Crippen molar-refractivity contribution in [2.45, 2.75) is 145 Å². The summed E-state index contributed by atoms with van der Waals surface area (Å²) in [6, 6.07) is 4.94. The number of carboxylic acid groups (broad SMARTS) is 1. The number of phenolic OH excluding ortho intramolecular Hbond substituents is 1. The van der Waals surface area contributed by atoms with Gasteiger partial charge in [0.1, 0.15) is 60.1 Å². The monoisotopic (exact) mass is 1290 g/mol. The van der Waals surface area contributed by atoms with E-state index in [0.29, 0.717) is 34.0 Å². The quantitative estimate of drug-likeness (QED) is 0.0205. The maximum atomic E-state index is 14.4. The van der Waals surface area contributed by atoms with Gasteiger partial charge in [0.25, 0.3) is 0 Å². The molecule has 0 saturated carbocycles. The van der Waals surface area contributed by atoms with E-state index < -0.39 is 189 Å². The average Bonchev–Trinajstić information content (AvgIpc) is 1.89. The number of hydrogen-bond acceptors (Lipinski definition) is 18. The van der Waals surface area contributed by atoms with Crippen LogP contribution < -0.4 is 65.1 Å². The number of benzene rings is 3. The van der Waals surface area contributed by atoms with E-state index in [1.165, 1.54) is 43.0 Å². The van der Waals surface area contributed by atoms with Gasteiger partial charge in [0.05, 0.1) is 25.4 Å². The Kier molecular flexibility index (Phi) is 30.3. The molecule has 0 aliphatic rings. The Bertz CT molecular complexity index is 3150. The van der Waals surface area contributed by atoms with Gasteiger partial charge in [-0.2, -0.15) is 11.8 Å². The fraction of sp³-hybridized carbons (Fsp3) is 0.467. The highest BCUT2D eigenvalue weighted by Crippen LogP contribution is 2.21. The summed E-state index contributed by atoms with van der Waals surface area (Å²) in [6.07, 6.45) is -0.820. The highest BCUT2D eigenvalue weighted by atomic mass is 32.2. The first-order chi connectivity index (χ1) is 43.2. The summed E-state index contributed by atoms with van der Waals surface area (Å²) in [4.78, 5) is 165. The molecule has 0 unspecified atom stereocenters. The molecular weight excluding hydrogens is 1210 g/mol. The summed E-state index contributed by atoms with van der Waals surface area (Å²) in [5.41, 5.74) is 19.2. The summed E-state index contributed by atoms with van der Waals surface area (Å²) < 4.78 is 0. The Morgan fingerprint density at radius 2 is 0.945 bits per heavy atom. The van der Waals surface area contributed by atoms with Crippen molar-refractivity contribution in [3.05, 3.63) is 102 Å². The first kappa shape index (κ1) is 74.3. The highest BCUT2D eigenvalue weighted by Gasteiger charge is 2.38. The number of carbonyl (C=O) groups excluding carboxylic acids is 11. The Morgan fingerprint density at radius 1 is 0.516 bits per heavy atom. The molecule has 12 atom stereocenters. The van der Waals surface area contributed by atoms with Crippen LogP contribution in [0.5, 0.6) is 5.75 Å². The summed E-state index contributed by atoms with van der Waals surface area (Å²) in [5.74, 6) is -13.3. The SMILES string of the molecule is CC[C@H](C)[C@H](NC(=O)[C@H](Cc1c[nH]c2ccccc12)NC(=O)[C@@H](NC(=O)[C@H](CCSC)NC(=O)[C@H](CCC(N)=O)NC(=O)[C@H](CCC(N)=O)NC(=O)[C@H](Cc1ccc(O)cc1)NC(=O)[C@H](CO)NC(=O)[C@H](CO)NC(=O)[C@@H](N)Cc1ccccc1)[C@@H](C)O)C(=O)O. The molecule has 0 bridgehead atoms. The van der Waals surface area contributed by atoms with Gasteiger partial charge in [-0.25, -0.2) is 4.79 Å². The predicted molar refractivity (Wildman–Crippen MR) is 332 cm³/mol. The fourth-order valence-corrected chi connectivity index (χ4v) is 9.74. The molecule has 30 nitrogen and oxygen atoms in total. The lowest BCUT2D eigenvalue weighted by atomic mass is 9.97. The van der Waals surface area contributed by atoms with Gasteiger partial charge in [-0.05, 0) is 85.4 Å². The molecule has 0 fully saturated rings. The summed E-state index contributed by atoms with van der Waals surface area (Å²) in [5, 5.41) is 73.7. The molecule has 496 valence electrons. The molecule has 0 spiro atoms. The summed E-state index contributed by atoms with van der Waals surface area (Å²) in [7, 11) is 0. The smallest absolute Gasteiger partial charge is 0.326 e. The number of nitrogens with one attached hydrogen (secondary N) is 10. The van der Waals surface area contributed by atoms with E-state index in [1.807, 2.05) is 0 Å². The number of aromatic amines is 1. The van der Waals surface area contributed by atoms with Crippen LogP contribution in [0.1, 0.15) is 76.0 Å². The summed E-state index contributed by atoms with van der Waals surface area (Å²) in [6.45, 7) is 2.45. The predicted octanol–water partition coefficient (Wildman–Crippen LogP) is -3.63. The molecule has 3 aromatic carbocycles. The number of H-pyrrole nitrogens is 1. The normalized spacial score (nSPS) is 15.1. The molecule has 21 N–H and O–H groups in total. The zero-order valence-electron chi connectivity index (χ0n) is 50.8. The van der Waals surface area contributed by atoms with Crippen LogP contribution in [0.25, 0.3) is 10.9 Å². The van der Waals surface area contributed by atoms with E-state index in [9.17, 15) is 83.1 Å². The van der Waals surface area contributed by atoms with Crippen molar-refractivity contribution < 1.29 is 83.1 Å². The van der Waals surface area contributed by atoms with E-state index >= 15 is 0 Å². The van der Waals surface area contributed by atoms with Gasteiger partial charge in [0.15, 0.2) is 0 Å². The number of primary amides is 2. The molecule has 0 radical (unpaired) electrons. The third-order valence-electron chi connectivity index (χ3n) is 14.7. The number of thioether (sulfide) groups is 1. The number of para-hydroxylation sites is 1. The second kappa shape index (κ2) is 37.1. The van der Waals surface area contributed by atoms with Crippen molar-refractivity contribution in [1.29, 1.82) is 0 Å². The zero-order valence-corrected chi connectivity index (χ0v) is 51.6. The van der Waals surface area contributed by atoms with Crippen molar-refractivity contribution in [1.82, 2.24) is 52.8 Å². The van der Waals surface area contributed by atoms with Crippen molar-refractivity contribution in [3.63, 3.8) is 0 Å². The van der Waals surface area contributed by atoms with Crippen LogP contribution in [0.2, 0.25) is 0 Å². The van der Waals surface area contributed by atoms with E-state index in [2.05, 4.69) is 52.8 Å². The topological polar surface area (TPSA) is 508 Å². The maximum absolute atomic E-state index is 14.4. The zero-order chi connectivity index (χ0) is 67.5. The van der Waals surface area contributed by atoms with Gasteiger partial charge in [-0.1, -0.05) is 80.9 Å². The first-order valence-corrected chi connectivity index (χ1v) is 30.6. The van der Waals surface area contributed by atoms with Crippen LogP contribution in [0, 0.1) is 5.92 Å². The third kappa shape index (κ3) is 23.9. The van der Waals surface area contributed by atoms with E-state index in [0.717, 1.165) is 0 Å². The Balaban J connectivity index is 1.58. The molecular formula is C60H83N13O17S. The van der Waals surface area contributed by atoms with Crippen molar-refractivity contribution in [3.8, 4) is 5.75 Å². The van der Waals surface area contributed by atoms with Gasteiger partial charge in [-0.3, -0.25) is 52.7 Å². The van der Waals surface area contributed by atoms with Crippen molar-refractivity contribution >= 4 is 93.6 Å². The molecule has 91 heavy (non-hydrogen) atoms. The molecule has 31 heteroatoms. The average molecular weight is 1290 g/mol. The number of aliphatic hydroxyl groups is 3. The van der Waals surface area contributed by atoms with Crippen molar-refractivity contribution in [2.24, 2.45) is 23.1 Å². The van der Waals surface area contributed by atoms with E-state index in [1.54, 1.807) is 80.9 Å². The molecule has 4 aromatic rings. The Hall–Kier alpha value is -9.17. The van der Waals surface area contributed by atoms with Gasteiger partial charge in [0, 0.05) is 42.8 Å². The van der Waals surface area contributed by atoms with Gasteiger partial charge in [0.2, 0.25) is 65.0 Å². The lowest BCUT2D eigenvalue weighted by molar-refractivity contribution is -0.144. The highest BCUT2D eigenvalue weighted by molar-refractivity contribution is 7.98. The Labute approximate surface area is 528 Å². The fourth-order valence-electron chi connectivity index (χ4n) is 9.27.